The highest BCUT2D eigenvalue weighted by Gasteiger charge is 2.34. The zero-order valence-electron chi connectivity index (χ0n) is 25.9. The topological polar surface area (TPSA) is 105 Å². The molecule has 3 aromatic carbocycles. The lowest BCUT2D eigenvalue weighted by Crippen LogP contribution is -2.54. The predicted octanol–water partition coefficient (Wildman–Crippen LogP) is 5.50. The number of carbonyl (C=O) groups excluding carboxylic acids is 2. The van der Waals surface area contributed by atoms with E-state index in [2.05, 4.69) is 5.32 Å². The van der Waals surface area contributed by atoms with E-state index >= 15 is 0 Å². The molecule has 0 radical (unpaired) electrons. The molecular formula is C32H40ClN3O6S. The summed E-state index contributed by atoms with van der Waals surface area (Å²) in [6, 6.07) is 15.6. The summed E-state index contributed by atoms with van der Waals surface area (Å²) in [6.45, 7) is 10.4. The van der Waals surface area contributed by atoms with Crippen LogP contribution >= 0.6 is 11.6 Å². The Hall–Kier alpha value is -3.76. The van der Waals surface area contributed by atoms with Crippen molar-refractivity contribution in [2.45, 2.75) is 64.6 Å². The van der Waals surface area contributed by atoms with E-state index in [4.69, 9.17) is 21.1 Å². The molecule has 0 fully saturated rings. The Morgan fingerprint density at radius 3 is 2.02 bits per heavy atom. The van der Waals surface area contributed by atoms with Crippen LogP contribution in [0.4, 0.5) is 5.69 Å². The maximum absolute atomic E-state index is 14.2. The lowest BCUT2D eigenvalue weighted by Gasteiger charge is -2.33. The van der Waals surface area contributed by atoms with Crippen LogP contribution in [-0.2, 0) is 26.2 Å². The summed E-state index contributed by atoms with van der Waals surface area (Å²) in [6.07, 6.45) is 0. The smallest absolute Gasteiger partial charge is 0.264 e. The van der Waals surface area contributed by atoms with Gasteiger partial charge >= 0.3 is 0 Å². The zero-order chi connectivity index (χ0) is 32.1. The summed E-state index contributed by atoms with van der Waals surface area (Å²) in [5.74, 6) is -0.333. The van der Waals surface area contributed by atoms with Crippen molar-refractivity contribution in [1.29, 1.82) is 0 Å². The molecule has 1 N–H and O–H groups in total. The van der Waals surface area contributed by atoms with Gasteiger partial charge in [0, 0.05) is 23.2 Å². The Labute approximate surface area is 259 Å². The van der Waals surface area contributed by atoms with E-state index in [1.807, 2.05) is 40.7 Å². The Morgan fingerprint density at radius 1 is 0.907 bits per heavy atom. The molecule has 1 atom stereocenters. The molecule has 0 saturated carbocycles. The van der Waals surface area contributed by atoms with Crippen LogP contribution in [0.3, 0.4) is 0 Å². The van der Waals surface area contributed by atoms with Crippen molar-refractivity contribution in [2.75, 3.05) is 25.1 Å². The summed E-state index contributed by atoms with van der Waals surface area (Å²) in [7, 11) is -1.42. The van der Waals surface area contributed by atoms with E-state index in [-0.39, 0.29) is 23.1 Å². The fraction of sp³-hybridized carbons (Fsp3) is 0.375. The second-order valence-electron chi connectivity index (χ2n) is 11.4. The Balaban J connectivity index is 2.11. The average Bonchev–Trinajstić information content (AvgIpc) is 2.93. The average molecular weight is 630 g/mol. The number of ether oxygens (including phenoxy) is 2. The number of methoxy groups -OCH3 is 2. The number of amides is 2. The van der Waals surface area contributed by atoms with Crippen LogP contribution in [0.2, 0.25) is 5.02 Å². The number of hydrogen-bond acceptors (Lipinski definition) is 6. The lowest BCUT2D eigenvalue weighted by molar-refractivity contribution is -0.140. The predicted molar refractivity (Wildman–Crippen MR) is 169 cm³/mol. The van der Waals surface area contributed by atoms with E-state index in [9.17, 15) is 18.0 Å². The van der Waals surface area contributed by atoms with Gasteiger partial charge in [-0.1, -0.05) is 29.8 Å². The van der Waals surface area contributed by atoms with Crippen molar-refractivity contribution in [3.8, 4) is 11.5 Å². The second-order valence-corrected chi connectivity index (χ2v) is 13.7. The third-order valence-corrected chi connectivity index (χ3v) is 8.67. The van der Waals surface area contributed by atoms with Gasteiger partial charge < -0.3 is 19.7 Å². The van der Waals surface area contributed by atoms with Crippen molar-refractivity contribution in [3.63, 3.8) is 0 Å². The van der Waals surface area contributed by atoms with Gasteiger partial charge in [0.25, 0.3) is 10.0 Å². The largest absolute Gasteiger partial charge is 0.493 e. The maximum Gasteiger partial charge on any atom is 0.264 e. The number of nitrogens with one attached hydrogen (secondary N) is 1. The molecule has 0 bridgehead atoms. The Bertz CT molecular complexity index is 1550. The lowest BCUT2D eigenvalue weighted by atomic mass is 10.1. The van der Waals surface area contributed by atoms with Crippen LogP contribution in [-0.4, -0.2) is 57.5 Å². The van der Waals surface area contributed by atoms with Gasteiger partial charge in [-0.15, -0.1) is 0 Å². The van der Waals surface area contributed by atoms with Crippen LogP contribution in [0.1, 0.15) is 44.4 Å². The Kier molecular flexibility index (Phi) is 10.7. The summed E-state index contributed by atoms with van der Waals surface area (Å²) in [4.78, 5) is 28.7. The van der Waals surface area contributed by atoms with Crippen molar-refractivity contribution in [3.05, 3.63) is 82.4 Å². The molecule has 2 amide bonds. The van der Waals surface area contributed by atoms with Gasteiger partial charge in [-0.2, -0.15) is 0 Å². The molecule has 9 nitrogen and oxygen atoms in total. The molecule has 0 aromatic heterocycles. The van der Waals surface area contributed by atoms with E-state index in [1.165, 1.54) is 37.3 Å². The van der Waals surface area contributed by atoms with Gasteiger partial charge in [0.2, 0.25) is 11.8 Å². The molecule has 3 rings (SSSR count). The minimum Gasteiger partial charge on any atom is -0.493 e. The first-order chi connectivity index (χ1) is 20.0. The fourth-order valence-corrected chi connectivity index (χ4v) is 6.11. The van der Waals surface area contributed by atoms with Gasteiger partial charge in [0.05, 0.1) is 24.8 Å². The summed E-state index contributed by atoms with van der Waals surface area (Å²) in [5, 5.41) is 3.45. The van der Waals surface area contributed by atoms with Crippen LogP contribution < -0.4 is 19.1 Å². The highest BCUT2D eigenvalue weighted by Crippen LogP contribution is 2.33. The van der Waals surface area contributed by atoms with Gasteiger partial charge in [0.1, 0.15) is 12.6 Å². The number of rotatable bonds is 11. The van der Waals surface area contributed by atoms with Crippen LogP contribution in [0, 0.1) is 13.8 Å². The third kappa shape index (κ3) is 8.64. The fourth-order valence-electron chi connectivity index (χ4n) is 4.57. The number of benzene rings is 3. The molecule has 0 unspecified atom stereocenters. The molecule has 0 spiro atoms. The van der Waals surface area contributed by atoms with Crippen LogP contribution in [0.15, 0.2) is 65.6 Å². The molecule has 0 aliphatic heterocycles. The molecule has 0 aliphatic rings. The quantitative estimate of drug-likeness (QED) is 0.300. The van der Waals surface area contributed by atoms with E-state index in [1.54, 1.807) is 43.3 Å². The number of halogens is 1. The van der Waals surface area contributed by atoms with Gasteiger partial charge in [-0.25, -0.2) is 8.42 Å². The van der Waals surface area contributed by atoms with E-state index < -0.39 is 34.1 Å². The Morgan fingerprint density at radius 2 is 1.49 bits per heavy atom. The molecule has 0 saturated heterocycles. The van der Waals surface area contributed by atoms with Gasteiger partial charge in [-0.3, -0.25) is 13.9 Å². The summed E-state index contributed by atoms with van der Waals surface area (Å²) < 4.78 is 40.2. The molecule has 11 heteroatoms. The number of anilines is 1. The number of hydrogen-bond donors (Lipinski definition) is 1. The first kappa shape index (κ1) is 33.7. The second kappa shape index (κ2) is 13.7. The monoisotopic (exact) mass is 629 g/mol. The summed E-state index contributed by atoms with van der Waals surface area (Å²) in [5.41, 5.74) is 2.16. The molecule has 3 aromatic rings. The molecular weight excluding hydrogens is 590 g/mol. The molecule has 0 aliphatic carbocycles. The maximum atomic E-state index is 14.2. The highest BCUT2D eigenvalue weighted by atomic mass is 35.5. The van der Waals surface area contributed by atoms with E-state index in [0.29, 0.717) is 16.5 Å². The third-order valence-electron chi connectivity index (χ3n) is 6.65. The molecule has 232 valence electrons. The van der Waals surface area contributed by atoms with Crippen molar-refractivity contribution < 1.29 is 27.5 Å². The summed E-state index contributed by atoms with van der Waals surface area (Å²) >= 11 is 6.07. The van der Waals surface area contributed by atoms with Gasteiger partial charge in [-0.05, 0) is 94.6 Å². The standard InChI is InChI=1S/C32H40ClN3O6S/c1-21-15-22(2)17-26(16-21)36(43(39,40)27-13-14-28(41-7)29(18-27)42-8)20-30(37)35(19-24-9-11-25(33)12-10-24)23(3)31(38)34-32(4,5)6/h9-18,23H,19-20H2,1-8H3,(H,34,38)/t23-/m0/s1. The van der Waals surface area contributed by atoms with E-state index in [0.717, 1.165) is 21.0 Å². The van der Waals surface area contributed by atoms with Gasteiger partial charge in [0.15, 0.2) is 11.5 Å². The first-order valence-corrected chi connectivity index (χ1v) is 15.6. The van der Waals surface area contributed by atoms with Crippen LogP contribution in [0.5, 0.6) is 11.5 Å². The first-order valence-electron chi connectivity index (χ1n) is 13.7. The minimum atomic E-state index is -4.29. The minimum absolute atomic E-state index is 0.0613. The van der Waals surface area contributed by atoms with Crippen molar-refractivity contribution >= 4 is 39.1 Å². The number of nitrogens with zero attached hydrogens (tertiary/aromatic N) is 2. The SMILES string of the molecule is COc1ccc(S(=O)(=O)N(CC(=O)N(Cc2ccc(Cl)cc2)[C@@H](C)C(=O)NC(C)(C)C)c2cc(C)cc(C)c2)cc1OC. The molecule has 43 heavy (non-hydrogen) atoms. The van der Waals surface area contributed by atoms with Crippen LogP contribution in [0.25, 0.3) is 0 Å². The molecule has 0 heterocycles. The number of sulfonamides is 1. The number of carbonyl (C=O) groups is 2. The number of aryl methyl sites for hydroxylation is 2. The van der Waals surface area contributed by atoms with Crippen molar-refractivity contribution in [2.24, 2.45) is 0 Å². The van der Waals surface area contributed by atoms with Crippen molar-refractivity contribution in [1.82, 2.24) is 10.2 Å². The zero-order valence-corrected chi connectivity index (χ0v) is 27.5. The highest BCUT2D eigenvalue weighted by molar-refractivity contribution is 7.92. The normalized spacial score (nSPS) is 12.3.